The highest BCUT2D eigenvalue weighted by Gasteiger charge is 2.32. The molecule has 0 amide bonds. The van der Waals surface area contributed by atoms with E-state index < -0.39 is 6.10 Å². The molecule has 0 bridgehead atoms. The van der Waals surface area contributed by atoms with Gasteiger partial charge in [-0.15, -0.1) is 0 Å². The molecule has 21 heavy (non-hydrogen) atoms. The van der Waals surface area contributed by atoms with Crippen molar-refractivity contribution in [2.24, 2.45) is 5.41 Å². The van der Waals surface area contributed by atoms with E-state index in [0.717, 1.165) is 5.56 Å². The van der Waals surface area contributed by atoms with Crippen molar-refractivity contribution in [1.29, 1.82) is 0 Å². The molecule has 0 aliphatic heterocycles. The first-order chi connectivity index (χ1) is 9.79. The zero-order valence-electron chi connectivity index (χ0n) is 12.3. The van der Waals surface area contributed by atoms with Crippen molar-refractivity contribution in [1.82, 2.24) is 14.8 Å². The summed E-state index contributed by atoms with van der Waals surface area (Å²) in [7, 11) is 0. The summed E-state index contributed by atoms with van der Waals surface area (Å²) >= 11 is 12.2. The molecule has 0 saturated carbocycles. The minimum absolute atomic E-state index is 0.244. The average molecular weight is 328 g/mol. The Kier molecular flexibility index (Phi) is 4.91. The Morgan fingerprint density at radius 2 is 2.00 bits per heavy atom. The number of aromatic nitrogens is 3. The second-order valence-electron chi connectivity index (χ2n) is 6.19. The summed E-state index contributed by atoms with van der Waals surface area (Å²) in [6, 6.07) is 5.14. The molecule has 1 heterocycles. The number of halogens is 2. The molecule has 0 saturated heterocycles. The molecular weight excluding hydrogens is 309 g/mol. The molecule has 1 aromatic heterocycles. The lowest BCUT2D eigenvalue weighted by Crippen LogP contribution is -2.37. The smallest absolute Gasteiger partial charge is 0.137 e. The summed E-state index contributed by atoms with van der Waals surface area (Å²) in [4.78, 5) is 3.97. The third-order valence-corrected chi connectivity index (χ3v) is 4.06. The van der Waals surface area contributed by atoms with Crippen molar-refractivity contribution in [3.8, 4) is 0 Å². The van der Waals surface area contributed by atoms with Crippen LogP contribution in [-0.4, -0.2) is 26.0 Å². The van der Waals surface area contributed by atoms with Gasteiger partial charge in [-0.25, -0.2) is 9.67 Å². The van der Waals surface area contributed by atoms with Crippen molar-refractivity contribution < 1.29 is 5.11 Å². The fourth-order valence-corrected chi connectivity index (χ4v) is 2.71. The number of aliphatic hydroxyl groups excluding tert-OH is 1. The van der Waals surface area contributed by atoms with E-state index in [1.54, 1.807) is 23.1 Å². The lowest BCUT2D eigenvalue weighted by atomic mass is 9.82. The van der Waals surface area contributed by atoms with Gasteiger partial charge in [0.15, 0.2) is 0 Å². The molecule has 0 spiro atoms. The summed E-state index contributed by atoms with van der Waals surface area (Å²) in [5.41, 5.74) is 0.639. The fourth-order valence-electron chi connectivity index (χ4n) is 2.23. The fraction of sp³-hybridized carbons (Fsp3) is 0.467. The number of hydrogen-bond donors (Lipinski definition) is 1. The first kappa shape index (κ1) is 16.3. The quantitative estimate of drug-likeness (QED) is 0.929. The summed E-state index contributed by atoms with van der Waals surface area (Å²) in [5.74, 6) is 0. The van der Waals surface area contributed by atoms with Crippen LogP contribution in [0.1, 0.15) is 32.4 Å². The van der Waals surface area contributed by atoms with E-state index in [4.69, 9.17) is 23.2 Å². The zero-order chi connectivity index (χ0) is 15.6. The number of benzene rings is 1. The molecule has 2 rings (SSSR count). The molecule has 1 aromatic carbocycles. The highest BCUT2D eigenvalue weighted by Crippen LogP contribution is 2.32. The maximum atomic E-state index is 10.7. The van der Waals surface area contributed by atoms with Gasteiger partial charge in [-0.2, -0.15) is 5.10 Å². The number of rotatable bonds is 4. The lowest BCUT2D eigenvalue weighted by Gasteiger charge is -2.33. The van der Waals surface area contributed by atoms with E-state index in [1.807, 2.05) is 26.8 Å². The summed E-state index contributed by atoms with van der Waals surface area (Å²) in [6.45, 7) is 5.97. The van der Waals surface area contributed by atoms with Crippen LogP contribution < -0.4 is 0 Å². The van der Waals surface area contributed by atoms with E-state index in [9.17, 15) is 5.11 Å². The van der Waals surface area contributed by atoms with Crippen LogP contribution in [0.5, 0.6) is 0 Å². The largest absolute Gasteiger partial charge is 0.390 e. The summed E-state index contributed by atoms with van der Waals surface area (Å²) < 4.78 is 1.68. The van der Waals surface area contributed by atoms with Crippen LogP contribution in [0.3, 0.4) is 0 Å². The van der Waals surface area contributed by atoms with Crippen LogP contribution in [0.25, 0.3) is 0 Å². The predicted octanol–water partition coefficient (Wildman–Crippen LogP) is 3.78. The van der Waals surface area contributed by atoms with Gasteiger partial charge in [0, 0.05) is 10.0 Å². The van der Waals surface area contributed by atoms with Gasteiger partial charge in [0.05, 0.1) is 12.1 Å². The first-order valence-electron chi connectivity index (χ1n) is 6.75. The van der Waals surface area contributed by atoms with Crippen LogP contribution in [-0.2, 0) is 6.42 Å². The molecule has 2 aromatic rings. The van der Waals surface area contributed by atoms with Crippen molar-refractivity contribution >= 4 is 23.2 Å². The molecule has 0 unspecified atom stereocenters. The average Bonchev–Trinajstić information content (AvgIpc) is 2.90. The van der Waals surface area contributed by atoms with Crippen LogP contribution in [0.2, 0.25) is 10.0 Å². The van der Waals surface area contributed by atoms with Gasteiger partial charge in [-0.3, -0.25) is 0 Å². The molecule has 0 aliphatic carbocycles. The van der Waals surface area contributed by atoms with E-state index in [1.165, 1.54) is 6.33 Å². The number of aliphatic hydroxyl groups is 1. The highest BCUT2D eigenvalue weighted by molar-refractivity contribution is 6.35. The molecule has 2 atom stereocenters. The van der Waals surface area contributed by atoms with E-state index in [-0.39, 0.29) is 11.5 Å². The maximum Gasteiger partial charge on any atom is 0.137 e. The third kappa shape index (κ3) is 3.96. The van der Waals surface area contributed by atoms with Crippen LogP contribution in [0.15, 0.2) is 30.9 Å². The maximum absolute atomic E-state index is 10.7. The molecule has 6 heteroatoms. The van der Waals surface area contributed by atoms with Crippen LogP contribution in [0, 0.1) is 5.41 Å². The normalized spacial score (nSPS) is 15.0. The van der Waals surface area contributed by atoms with Gasteiger partial charge in [0.2, 0.25) is 0 Å². The van der Waals surface area contributed by atoms with Gasteiger partial charge in [0.1, 0.15) is 12.7 Å². The van der Waals surface area contributed by atoms with Gasteiger partial charge in [-0.1, -0.05) is 50.0 Å². The second-order valence-corrected chi connectivity index (χ2v) is 7.04. The Bertz CT molecular complexity index is 593. The molecule has 0 fully saturated rings. The lowest BCUT2D eigenvalue weighted by molar-refractivity contribution is 0.0124. The molecule has 114 valence electrons. The van der Waals surface area contributed by atoms with Crippen LogP contribution >= 0.6 is 23.2 Å². The van der Waals surface area contributed by atoms with Crippen molar-refractivity contribution in [2.75, 3.05) is 0 Å². The van der Waals surface area contributed by atoms with Crippen molar-refractivity contribution in [3.63, 3.8) is 0 Å². The Morgan fingerprint density at radius 1 is 1.29 bits per heavy atom. The van der Waals surface area contributed by atoms with E-state index in [2.05, 4.69) is 10.1 Å². The standard InChI is InChI=1S/C15H19Cl2N3O/c1-15(2,3)14(21)13(20-9-18-8-19-20)6-10-4-5-11(16)7-12(10)17/h4-5,7-9,13-14,21H,6H2,1-3H3/t13-,14+/m0/s1. The molecular formula is C15H19Cl2N3O. The Hall–Kier alpha value is -1.10. The molecule has 1 N–H and O–H groups in total. The second kappa shape index (κ2) is 6.34. The third-order valence-electron chi connectivity index (χ3n) is 3.47. The Morgan fingerprint density at radius 3 is 2.52 bits per heavy atom. The minimum atomic E-state index is -0.592. The van der Waals surface area contributed by atoms with Gasteiger partial charge in [0.25, 0.3) is 0 Å². The number of hydrogen-bond acceptors (Lipinski definition) is 3. The van der Waals surface area contributed by atoms with Crippen molar-refractivity contribution in [3.05, 3.63) is 46.5 Å². The van der Waals surface area contributed by atoms with Gasteiger partial charge >= 0.3 is 0 Å². The minimum Gasteiger partial charge on any atom is -0.390 e. The molecule has 0 radical (unpaired) electrons. The van der Waals surface area contributed by atoms with Gasteiger partial charge in [-0.05, 0) is 29.5 Å². The summed E-state index contributed by atoms with van der Waals surface area (Å²) in [6.07, 6.45) is 3.04. The Balaban J connectivity index is 2.33. The number of nitrogens with zero attached hydrogens (tertiary/aromatic N) is 3. The van der Waals surface area contributed by atoms with Crippen molar-refractivity contribution in [2.45, 2.75) is 39.3 Å². The van der Waals surface area contributed by atoms with E-state index in [0.29, 0.717) is 16.5 Å². The zero-order valence-corrected chi connectivity index (χ0v) is 13.8. The topological polar surface area (TPSA) is 50.9 Å². The van der Waals surface area contributed by atoms with E-state index >= 15 is 0 Å². The molecule has 4 nitrogen and oxygen atoms in total. The predicted molar refractivity (Wildman–Crippen MR) is 84.7 cm³/mol. The SMILES string of the molecule is CC(C)(C)[C@H](O)[C@H](Cc1ccc(Cl)cc1Cl)n1cncn1. The monoisotopic (exact) mass is 327 g/mol. The van der Waals surface area contributed by atoms with Crippen LogP contribution in [0.4, 0.5) is 0 Å². The van der Waals surface area contributed by atoms with Gasteiger partial charge < -0.3 is 5.11 Å². The summed E-state index contributed by atoms with van der Waals surface area (Å²) in [5, 5.41) is 16.0. The molecule has 0 aliphatic rings. The Labute approximate surface area is 134 Å². The highest BCUT2D eigenvalue weighted by atomic mass is 35.5. The first-order valence-corrected chi connectivity index (χ1v) is 7.50.